The van der Waals surface area contributed by atoms with Gasteiger partial charge in [-0.2, -0.15) is 4.31 Å². The average molecular weight is 390 g/mol. The van der Waals surface area contributed by atoms with Crippen LogP contribution in [0.15, 0.2) is 53.8 Å². The molecule has 3 rings (SSSR count). The Morgan fingerprint density at radius 1 is 1.04 bits per heavy atom. The van der Waals surface area contributed by atoms with Crippen molar-refractivity contribution in [2.24, 2.45) is 0 Å². The van der Waals surface area contributed by atoms with Gasteiger partial charge in [0.2, 0.25) is 10.0 Å². The summed E-state index contributed by atoms with van der Waals surface area (Å²) in [6, 6.07) is 8.16. The Balaban J connectivity index is 1.51. The quantitative estimate of drug-likeness (QED) is 0.669. The highest BCUT2D eigenvalue weighted by atomic mass is 32.2. The lowest BCUT2D eigenvalue weighted by Crippen LogP contribution is -2.51. The standard InChI is InChI=1S/C17H18N4O5S/c22-16(13-26-17(23)15-12-18-6-7-19-15)20-8-10-21(11-9-20)27(24,25)14-4-2-1-3-5-14/h1-7,12H,8-11,13H2. The molecule has 2 aromatic rings. The average Bonchev–Trinajstić information content (AvgIpc) is 2.73. The molecule has 1 aliphatic rings. The second kappa shape index (κ2) is 8.23. The van der Waals surface area contributed by atoms with Gasteiger partial charge in [-0.15, -0.1) is 0 Å². The van der Waals surface area contributed by atoms with Crippen LogP contribution in [0.5, 0.6) is 0 Å². The molecule has 1 aromatic heterocycles. The molecule has 2 heterocycles. The maximum atomic E-state index is 12.6. The molecule has 0 unspecified atom stereocenters. The van der Waals surface area contributed by atoms with E-state index in [0.717, 1.165) is 0 Å². The fraction of sp³-hybridized carbons (Fsp3) is 0.294. The lowest BCUT2D eigenvalue weighted by molar-refractivity contribution is -0.135. The van der Waals surface area contributed by atoms with Gasteiger partial charge >= 0.3 is 5.97 Å². The topological polar surface area (TPSA) is 110 Å². The Bertz CT molecular complexity index is 897. The van der Waals surface area contributed by atoms with Gasteiger partial charge in [-0.3, -0.25) is 9.78 Å². The van der Waals surface area contributed by atoms with Crippen molar-refractivity contribution in [2.45, 2.75) is 4.90 Å². The summed E-state index contributed by atoms with van der Waals surface area (Å²) in [6.45, 7) is 0.393. The van der Waals surface area contributed by atoms with E-state index in [9.17, 15) is 18.0 Å². The molecule has 0 saturated carbocycles. The van der Waals surface area contributed by atoms with Crippen molar-refractivity contribution in [2.75, 3.05) is 32.8 Å². The van der Waals surface area contributed by atoms with Crippen LogP contribution in [0.3, 0.4) is 0 Å². The van der Waals surface area contributed by atoms with Crippen LogP contribution < -0.4 is 0 Å². The Kier molecular flexibility index (Phi) is 5.77. The third-order valence-corrected chi connectivity index (χ3v) is 5.98. The number of hydrogen-bond donors (Lipinski definition) is 0. The van der Waals surface area contributed by atoms with Gasteiger partial charge in [-0.25, -0.2) is 18.2 Å². The molecule has 0 spiro atoms. The Morgan fingerprint density at radius 3 is 2.37 bits per heavy atom. The van der Waals surface area contributed by atoms with Gasteiger partial charge < -0.3 is 9.64 Å². The maximum absolute atomic E-state index is 12.6. The number of rotatable bonds is 5. The van der Waals surface area contributed by atoms with E-state index in [0.29, 0.717) is 0 Å². The van der Waals surface area contributed by atoms with E-state index in [2.05, 4.69) is 9.97 Å². The number of hydrogen-bond acceptors (Lipinski definition) is 7. The zero-order valence-corrected chi connectivity index (χ0v) is 15.2. The minimum atomic E-state index is -3.58. The number of carbonyl (C=O) groups excluding carboxylic acids is 2. The van der Waals surface area contributed by atoms with Gasteiger partial charge in [0.15, 0.2) is 12.3 Å². The van der Waals surface area contributed by atoms with E-state index in [4.69, 9.17) is 4.74 Å². The number of amides is 1. The van der Waals surface area contributed by atoms with E-state index in [-0.39, 0.29) is 42.7 Å². The van der Waals surface area contributed by atoms with Gasteiger partial charge in [0.05, 0.1) is 11.1 Å². The Labute approximate surface area is 156 Å². The maximum Gasteiger partial charge on any atom is 0.359 e. The van der Waals surface area contributed by atoms with Crippen LogP contribution in [-0.4, -0.2) is 72.3 Å². The minimum Gasteiger partial charge on any atom is -0.451 e. The number of aromatic nitrogens is 2. The van der Waals surface area contributed by atoms with E-state index >= 15 is 0 Å². The summed E-state index contributed by atoms with van der Waals surface area (Å²) in [4.78, 5) is 33.2. The first-order valence-electron chi connectivity index (χ1n) is 8.24. The molecule has 142 valence electrons. The van der Waals surface area contributed by atoms with Crippen LogP contribution >= 0.6 is 0 Å². The Hall–Kier alpha value is -2.85. The number of ether oxygens (including phenoxy) is 1. The van der Waals surface area contributed by atoms with E-state index in [1.54, 1.807) is 30.3 Å². The molecule has 1 amide bonds. The summed E-state index contributed by atoms with van der Waals surface area (Å²) in [6.07, 6.45) is 4.02. The normalized spacial score (nSPS) is 15.3. The summed E-state index contributed by atoms with van der Waals surface area (Å²) >= 11 is 0. The van der Waals surface area contributed by atoms with Crippen LogP contribution in [0.4, 0.5) is 0 Å². The molecule has 0 aliphatic carbocycles. The summed E-state index contributed by atoms with van der Waals surface area (Å²) < 4.78 is 31.4. The molecule has 0 N–H and O–H groups in total. The number of piperazine rings is 1. The van der Waals surface area contributed by atoms with Crippen LogP contribution in [0.25, 0.3) is 0 Å². The van der Waals surface area contributed by atoms with Gasteiger partial charge in [-0.1, -0.05) is 18.2 Å². The molecular weight excluding hydrogens is 372 g/mol. The summed E-state index contributed by atoms with van der Waals surface area (Å²) in [7, 11) is -3.58. The highest BCUT2D eigenvalue weighted by molar-refractivity contribution is 7.89. The second-order valence-corrected chi connectivity index (χ2v) is 7.70. The molecule has 0 atom stereocenters. The molecule has 9 nitrogen and oxygen atoms in total. The van der Waals surface area contributed by atoms with Crippen LogP contribution in [0.1, 0.15) is 10.5 Å². The summed E-state index contributed by atoms with van der Waals surface area (Å²) in [5, 5.41) is 0. The Morgan fingerprint density at radius 2 is 1.74 bits per heavy atom. The van der Waals surface area contributed by atoms with Gasteiger partial charge in [0.1, 0.15) is 0 Å². The first-order valence-corrected chi connectivity index (χ1v) is 9.68. The molecule has 0 bridgehead atoms. The number of sulfonamides is 1. The second-order valence-electron chi connectivity index (χ2n) is 5.76. The lowest BCUT2D eigenvalue weighted by atomic mass is 10.3. The zero-order chi connectivity index (χ0) is 19.3. The fourth-order valence-corrected chi connectivity index (χ4v) is 4.06. The van der Waals surface area contributed by atoms with Crippen molar-refractivity contribution < 1.29 is 22.7 Å². The van der Waals surface area contributed by atoms with Crippen LogP contribution in [-0.2, 0) is 19.6 Å². The van der Waals surface area contributed by atoms with Crippen LogP contribution in [0.2, 0.25) is 0 Å². The highest BCUT2D eigenvalue weighted by Gasteiger charge is 2.30. The van der Waals surface area contributed by atoms with Crippen molar-refractivity contribution in [1.82, 2.24) is 19.2 Å². The predicted octanol–water partition coefficient (Wildman–Crippen LogP) is 0.167. The SMILES string of the molecule is O=C(OCC(=O)N1CCN(S(=O)(=O)c2ccccc2)CC1)c1cnccn1. The molecule has 1 aromatic carbocycles. The monoisotopic (exact) mass is 390 g/mol. The minimum absolute atomic E-state index is 0.0177. The molecule has 1 fully saturated rings. The van der Waals surface area contributed by atoms with E-state index in [1.165, 1.54) is 27.8 Å². The molecule has 27 heavy (non-hydrogen) atoms. The van der Waals surface area contributed by atoms with Crippen molar-refractivity contribution in [3.8, 4) is 0 Å². The molecule has 10 heteroatoms. The van der Waals surface area contributed by atoms with Crippen molar-refractivity contribution in [3.63, 3.8) is 0 Å². The largest absolute Gasteiger partial charge is 0.451 e. The lowest BCUT2D eigenvalue weighted by Gasteiger charge is -2.33. The fourth-order valence-electron chi connectivity index (χ4n) is 2.62. The first-order chi connectivity index (χ1) is 13.0. The van der Waals surface area contributed by atoms with Crippen molar-refractivity contribution >= 4 is 21.9 Å². The van der Waals surface area contributed by atoms with Crippen molar-refractivity contribution in [3.05, 3.63) is 54.6 Å². The summed E-state index contributed by atoms with van der Waals surface area (Å²) in [5.74, 6) is -1.12. The molecule has 1 saturated heterocycles. The molecule has 0 radical (unpaired) electrons. The van der Waals surface area contributed by atoms with Crippen molar-refractivity contribution in [1.29, 1.82) is 0 Å². The first kappa shape index (κ1) is 18.9. The highest BCUT2D eigenvalue weighted by Crippen LogP contribution is 2.17. The third-order valence-electron chi connectivity index (χ3n) is 4.07. The number of benzene rings is 1. The predicted molar refractivity (Wildman–Crippen MR) is 94.1 cm³/mol. The zero-order valence-electron chi connectivity index (χ0n) is 14.4. The molecule has 1 aliphatic heterocycles. The van der Waals surface area contributed by atoms with Gasteiger partial charge in [-0.05, 0) is 12.1 Å². The number of carbonyl (C=O) groups is 2. The number of nitrogens with zero attached hydrogens (tertiary/aromatic N) is 4. The smallest absolute Gasteiger partial charge is 0.359 e. The van der Waals surface area contributed by atoms with Gasteiger partial charge in [0.25, 0.3) is 5.91 Å². The third kappa shape index (κ3) is 4.47. The van der Waals surface area contributed by atoms with E-state index < -0.39 is 22.6 Å². The summed E-state index contributed by atoms with van der Waals surface area (Å²) in [5.41, 5.74) is 0.0177. The van der Waals surface area contributed by atoms with Crippen LogP contribution in [0, 0.1) is 0 Å². The molecular formula is C17H18N4O5S. The van der Waals surface area contributed by atoms with Gasteiger partial charge in [0, 0.05) is 38.6 Å². The van der Waals surface area contributed by atoms with E-state index in [1.807, 2.05) is 0 Å². The number of esters is 1.